The first kappa shape index (κ1) is 9.80. The molecule has 72 valence electrons. The lowest BCUT2D eigenvalue weighted by Gasteiger charge is -2.37. The van der Waals surface area contributed by atoms with Gasteiger partial charge in [-0.05, 0) is 25.7 Å². The van der Waals surface area contributed by atoms with Gasteiger partial charge in [-0.3, -0.25) is 0 Å². The monoisotopic (exact) mass is 182 g/mol. The van der Waals surface area contributed by atoms with Gasteiger partial charge in [-0.1, -0.05) is 0 Å². The third-order valence-electron chi connectivity index (χ3n) is 2.49. The minimum Gasteiger partial charge on any atom is -0.328 e. The number of alkyl halides is 3. The van der Waals surface area contributed by atoms with E-state index >= 15 is 0 Å². The quantitative estimate of drug-likeness (QED) is 0.590. The van der Waals surface area contributed by atoms with Gasteiger partial charge >= 0.3 is 6.18 Å². The van der Waals surface area contributed by atoms with Gasteiger partial charge in [0.05, 0.1) is 0 Å². The van der Waals surface area contributed by atoms with Gasteiger partial charge in [-0.25, -0.2) is 0 Å². The van der Waals surface area contributed by atoms with Crippen LogP contribution < -0.4 is 11.5 Å². The number of hydrogen-bond acceptors (Lipinski definition) is 2. The Balaban J connectivity index is 2.62. The predicted molar refractivity (Wildman–Crippen MR) is 39.4 cm³/mol. The second kappa shape index (κ2) is 2.88. The molecular weight excluding hydrogens is 169 g/mol. The predicted octanol–water partition coefficient (Wildman–Crippen LogP) is 1.15. The third-order valence-corrected chi connectivity index (χ3v) is 2.49. The van der Waals surface area contributed by atoms with Crippen LogP contribution in [0.4, 0.5) is 13.2 Å². The van der Waals surface area contributed by atoms with Crippen LogP contribution in [0.3, 0.4) is 0 Å². The van der Waals surface area contributed by atoms with Crippen molar-refractivity contribution in [2.24, 2.45) is 11.5 Å². The maximum Gasteiger partial charge on any atom is 0.406 e. The van der Waals surface area contributed by atoms with Crippen molar-refractivity contribution in [2.45, 2.75) is 43.4 Å². The molecule has 0 aromatic carbocycles. The molecule has 0 unspecified atom stereocenters. The largest absolute Gasteiger partial charge is 0.406 e. The van der Waals surface area contributed by atoms with E-state index in [-0.39, 0.29) is 18.9 Å². The molecule has 0 saturated heterocycles. The molecular formula is C7H13F3N2. The average molecular weight is 182 g/mol. The fourth-order valence-electron chi connectivity index (χ4n) is 1.44. The van der Waals surface area contributed by atoms with Crippen molar-refractivity contribution in [1.29, 1.82) is 0 Å². The van der Waals surface area contributed by atoms with Gasteiger partial charge < -0.3 is 11.5 Å². The number of hydrogen-bond donors (Lipinski definition) is 2. The Bertz CT molecular complexity index is 159. The molecule has 0 bridgehead atoms. The SMILES string of the molecule is NC1CCC(N)(C(F)(F)F)CC1. The highest BCUT2D eigenvalue weighted by molar-refractivity contribution is 4.96. The van der Waals surface area contributed by atoms with E-state index in [0.717, 1.165) is 0 Å². The van der Waals surface area contributed by atoms with Crippen LogP contribution in [0.15, 0.2) is 0 Å². The molecule has 2 nitrogen and oxygen atoms in total. The first-order valence-corrected chi connectivity index (χ1v) is 3.96. The van der Waals surface area contributed by atoms with Gasteiger partial charge in [-0.15, -0.1) is 0 Å². The topological polar surface area (TPSA) is 52.0 Å². The molecule has 5 heteroatoms. The lowest BCUT2D eigenvalue weighted by molar-refractivity contribution is -0.194. The molecule has 0 aromatic heterocycles. The maximum atomic E-state index is 12.3. The summed E-state index contributed by atoms with van der Waals surface area (Å²) in [7, 11) is 0. The van der Waals surface area contributed by atoms with Crippen LogP contribution in [-0.4, -0.2) is 17.8 Å². The maximum absolute atomic E-state index is 12.3. The average Bonchev–Trinajstić information content (AvgIpc) is 1.93. The summed E-state index contributed by atoms with van der Waals surface area (Å²) in [6.07, 6.45) is -3.63. The van der Waals surface area contributed by atoms with Crippen LogP contribution >= 0.6 is 0 Å². The molecule has 0 spiro atoms. The first-order valence-electron chi connectivity index (χ1n) is 3.96. The van der Waals surface area contributed by atoms with Crippen molar-refractivity contribution in [3.8, 4) is 0 Å². The summed E-state index contributed by atoms with van der Waals surface area (Å²) in [4.78, 5) is 0. The summed E-state index contributed by atoms with van der Waals surface area (Å²) in [5, 5.41) is 0. The molecule has 0 radical (unpaired) electrons. The highest BCUT2D eigenvalue weighted by atomic mass is 19.4. The Morgan fingerprint density at radius 1 is 1.17 bits per heavy atom. The van der Waals surface area contributed by atoms with E-state index in [4.69, 9.17) is 11.5 Å². The summed E-state index contributed by atoms with van der Waals surface area (Å²) in [5.41, 5.74) is 8.71. The van der Waals surface area contributed by atoms with E-state index in [1.807, 2.05) is 0 Å². The van der Waals surface area contributed by atoms with Crippen LogP contribution in [0.2, 0.25) is 0 Å². The minimum atomic E-state index is -4.28. The molecule has 1 rings (SSSR count). The Morgan fingerprint density at radius 3 is 1.92 bits per heavy atom. The highest BCUT2D eigenvalue weighted by Crippen LogP contribution is 2.38. The van der Waals surface area contributed by atoms with E-state index in [1.54, 1.807) is 0 Å². The summed E-state index contributed by atoms with van der Waals surface area (Å²) in [5.74, 6) is 0. The van der Waals surface area contributed by atoms with Crippen molar-refractivity contribution in [3.63, 3.8) is 0 Å². The van der Waals surface area contributed by atoms with Crippen molar-refractivity contribution in [2.75, 3.05) is 0 Å². The molecule has 0 atom stereocenters. The van der Waals surface area contributed by atoms with Gasteiger partial charge in [0.1, 0.15) is 5.54 Å². The van der Waals surface area contributed by atoms with E-state index in [0.29, 0.717) is 12.8 Å². The normalized spacial score (nSPS) is 38.2. The van der Waals surface area contributed by atoms with Crippen LogP contribution in [0.5, 0.6) is 0 Å². The third kappa shape index (κ3) is 1.72. The van der Waals surface area contributed by atoms with Crippen LogP contribution in [0.1, 0.15) is 25.7 Å². The van der Waals surface area contributed by atoms with E-state index in [1.165, 1.54) is 0 Å². The van der Waals surface area contributed by atoms with Crippen LogP contribution in [-0.2, 0) is 0 Å². The Hall–Kier alpha value is -0.290. The van der Waals surface area contributed by atoms with Gasteiger partial charge in [0, 0.05) is 6.04 Å². The van der Waals surface area contributed by atoms with Gasteiger partial charge in [0.25, 0.3) is 0 Å². The van der Waals surface area contributed by atoms with Crippen molar-refractivity contribution in [1.82, 2.24) is 0 Å². The van der Waals surface area contributed by atoms with Gasteiger partial charge in [0.15, 0.2) is 0 Å². The number of rotatable bonds is 0. The molecule has 0 amide bonds. The lowest BCUT2D eigenvalue weighted by atomic mass is 9.80. The van der Waals surface area contributed by atoms with Gasteiger partial charge in [-0.2, -0.15) is 13.2 Å². The first-order chi connectivity index (χ1) is 5.35. The van der Waals surface area contributed by atoms with Crippen LogP contribution in [0, 0.1) is 0 Å². The van der Waals surface area contributed by atoms with Crippen molar-refractivity contribution in [3.05, 3.63) is 0 Å². The zero-order valence-electron chi connectivity index (χ0n) is 6.69. The molecule has 0 heterocycles. The van der Waals surface area contributed by atoms with Crippen molar-refractivity contribution >= 4 is 0 Å². The standard InChI is InChI=1S/C7H13F3N2/c8-7(9,10)6(12)3-1-5(11)2-4-6/h5H,1-4,11-12H2. The zero-order valence-corrected chi connectivity index (χ0v) is 6.69. The molecule has 1 aliphatic carbocycles. The summed E-state index contributed by atoms with van der Waals surface area (Å²) in [6.45, 7) is 0. The molecule has 0 aliphatic heterocycles. The second-order valence-electron chi connectivity index (χ2n) is 3.49. The van der Waals surface area contributed by atoms with E-state index in [2.05, 4.69) is 0 Å². The molecule has 1 fully saturated rings. The number of nitrogens with two attached hydrogens (primary N) is 2. The van der Waals surface area contributed by atoms with Crippen molar-refractivity contribution < 1.29 is 13.2 Å². The van der Waals surface area contributed by atoms with E-state index < -0.39 is 11.7 Å². The molecule has 12 heavy (non-hydrogen) atoms. The minimum absolute atomic E-state index is 0.0440. The molecule has 4 N–H and O–H groups in total. The zero-order chi connectivity index (χ0) is 9.41. The fraction of sp³-hybridized carbons (Fsp3) is 1.00. The molecule has 0 aromatic rings. The summed E-state index contributed by atoms with van der Waals surface area (Å²) < 4.78 is 36.9. The summed E-state index contributed by atoms with van der Waals surface area (Å²) >= 11 is 0. The highest BCUT2D eigenvalue weighted by Gasteiger charge is 2.52. The fourth-order valence-corrected chi connectivity index (χ4v) is 1.44. The molecule has 1 aliphatic rings. The smallest absolute Gasteiger partial charge is 0.328 e. The second-order valence-corrected chi connectivity index (χ2v) is 3.49. The van der Waals surface area contributed by atoms with Gasteiger partial charge in [0.2, 0.25) is 0 Å². The Morgan fingerprint density at radius 2 is 1.58 bits per heavy atom. The van der Waals surface area contributed by atoms with E-state index in [9.17, 15) is 13.2 Å². The Labute approximate surface area is 69.1 Å². The van der Waals surface area contributed by atoms with Crippen LogP contribution in [0.25, 0.3) is 0 Å². The molecule has 1 saturated carbocycles. The lowest BCUT2D eigenvalue weighted by Crippen LogP contribution is -2.56. The Kier molecular flexibility index (Phi) is 2.35. The number of halogens is 3. The summed E-state index contributed by atoms with van der Waals surface area (Å²) in [6, 6.07) is -0.107.